The molecule has 2 aromatic carbocycles. The van der Waals surface area contributed by atoms with Gasteiger partial charge in [0.05, 0.1) is 11.4 Å². The summed E-state index contributed by atoms with van der Waals surface area (Å²) < 4.78 is 20.0. The first-order valence-electron chi connectivity index (χ1n) is 8.53. The van der Waals surface area contributed by atoms with Crippen molar-refractivity contribution in [3.8, 4) is 11.4 Å². The minimum absolute atomic E-state index is 0.0338. The van der Waals surface area contributed by atoms with Crippen LogP contribution in [0.4, 0.5) is 15.8 Å². The van der Waals surface area contributed by atoms with Crippen molar-refractivity contribution >= 4 is 23.2 Å². The first-order valence-corrected chi connectivity index (χ1v) is 8.53. The molecule has 0 saturated carbocycles. The van der Waals surface area contributed by atoms with Crippen molar-refractivity contribution in [2.24, 2.45) is 0 Å². The number of anilines is 2. The van der Waals surface area contributed by atoms with Gasteiger partial charge in [-0.25, -0.2) is 14.1 Å². The summed E-state index contributed by atoms with van der Waals surface area (Å²) in [6, 6.07) is 10.6. The Morgan fingerprint density at radius 2 is 2.00 bits per heavy atom. The van der Waals surface area contributed by atoms with E-state index >= 15 is 0 Å². The second-order valence-electron chi connectivity index (χ2n) is 6.29. The Hall–Kier alpha value is -3.75. The number of hydrogen-bond acceptors (Lipinski definition) is 5. The van der Waals surface area contributed by atoms with Gasteiger partial charge in [-0.1, -0.05) is 0 Å². The molecule has 2 amide bonds. The number of ether oxygens (including phenoxy) is 1. The summed E-state index contributed by atoms with van der Waals surface area (Å²) in [7, 11) is 0. The molecule has 1 aliphatic rings. The van der Waals surface area contributed by atoms with Crippen molar-refractivity contribution in [1.82, 2.24) is 14.8 Å². The van der Waals surface area contributed by atoms with Crippen LogP contribution in [-0.4, -0.2) is 32.7 Å². The molecule has 2 heterocycles. The van der Waals surface area contributed by atoms with Gasteiger partial charge in [0, 0.05) is 5.69 Å². The van der Waals surface area contributed by atoms with Crippen LogP contribution < -0.4 is 15.4 Å². The second kappa shape index (κ2) is 6.76. The summed E-state index contributed by atoms with van der Waals surface area (Å²) in [6.07, 6.45) is -0.574. The monoisotopic (exact) mass is 381 g/mol. The van der Waals surface area contributed by atoms with E-state index in [1.807, 2.05) is 0 Å². The van der Waals surface area contributed by atoms with Gasteiger partial charge in [-0.3, -0.25) is 9.59 Å². The van der Waals surface area contributed by atoms with E-state index < -0.39 is 12.0 Å². The Kier molecular flexibility index (Phi) is 4.26. The van der Waals surface area contributed by atoms with Crippen molar-refractivity contribution in [3.05, 3.63) is 59.9 Å². The van der Waals surface area contributed by atoms with Gasteiger partial charge < -0.3 is 15.4 Å². The van der Waals surface area contributed by atoms with Gasteiger partial charge in [-0.05, 0) is 56.3 Å². The lowest BCUT2D eigenvalue weighted by Gasteiger charge is -2.23. The van der Waals surface area contributed by atoms with E-state index in [-0.39, 0.29) is 17.5 Å². The van der Waals surface area contributed by atoms with Gasteiger partial charge >= 0.3 is 0 Å². The summed E-state index contributed by atoms with van der Waals surface area (Å²) in [5, 5.41) is 9.60. The number of carbonyl (C=O) groups is 2. The number of aryl methyl sites for hydroxylation is 1. The first-order chi connectivity index (χ1) is 13.4. The van der Waals surface area contributed by atoms with Crippen LogP contribution in [-0.2, 0) is 4.79 Å². The molecule has 0 unspecified atom stereocenters. The summed E-state index contributed by atoms with van der Waals surface area (Å²) >= 11 is 0. The third-order valence-electron chi connectivity index (χ3n) is 4.21. The Morgan fingerprint density at radius 1 is 1.25 bits per heavy atom. The van der Waals surface area contributed by atoms with Gasteiger partial charge in [0.25, 0.3) is 11.8 Å². The Balaban J connectivity index is 1.55. The third-order valence-corrected chi connectivity index (χ3v) is 4.21. The molecule has 1 aromatic heterocycles. The van der Waals surface area contributed by atoms with Crippen molar-refractivity contribution in [2.75, 3.05) is 10.6 Å². The number of benzene rings is 2. The Labute approximate surface area is 159 Å². The zero-order valence-electron chi connectivity index (χ0n) is 15.1. The van der Waals surface area contributed by atoms with Crippen LogP contribution in [0.3, 0.4) is 0 Å². The predicted octanol–water partition coefficient (Wildman–Crippen LogP) is 2.69. The van der Waals surface area contributed by atoms with E-state index in [0.717, 1.165) is 0 Å². The minimum atomic E-state index is -0.574. The fraction of sp³-hybridized carbons (Fsp3) is 0.158. The van der Waals surface area contributed by atoms with Crippen LogP contribution in [0.2, 0.25) is 0 Å². The zero-order chi connectivity index (χ0) is 19.8. The largest absolute Gasteiger partial charge is 0.479 e. The molecule has 0 aliphatic carbocycles. The average molecular weight is 381 g/mol. The topological polar surface area (TPSA) is 98.1 Å². The molecule has 142 valence electrons. The lowest BCUT2D eigenvalue weighted by atomic mass is 10.2. The van der Waals surface area contributed by atoms with Crippen LogP contribution in [0.15, 0.2) is 42.5 Å². The van der Waals surface area contributed by atoms with E-state index in [1.165, 1.54) is 16.8 Å². The number of hydrogen-bond donors (Lipinski definition) is 2. The molecule has 0 saturated heterocycles. The number of nitrogens with zero attached hydrogens (tertiary/aromatic N) is 3. The molecule has 8 nitrogen and oxygen atoms in total. The van der Waals surface area contributed by atoms with Crippen molar-refractivity contribution < 1.29 is 18.7 Å². The van der Waals surface area contributed by atoms with Crippen molar-refractivity contribution in [1.29, 1.82) is 0 Å². The van der Waals surface area contributed by atoms with Crippen LogP contribution in [0, 0.1) is 12.7 Å². The molecule has 9 heteroatoms. The highest BCUT2D eigenvalue weighted by Crippen LogP contribution is 2.32. The number of carbonyl (C=O) groups excluding carboxylic acids is 2. The number of aromatic nitrogens is 3. The molecule has 2 N–H and O–H groups in total. The molecule has 3 aromatic rings. The molecule has 0 radical (unpaired) electrons. The fourth-order valence-corrected chi connectivity index (χ4v) is 2.79. The molecular weight excluding hydrogens is 365 g/mol. The van der Waals surface area contributed by atoms with E-state index in [2.05, 4.69) is 20.7 Å². The highest BCUT2D eigenvalue weighted by molar-refractivity contribution is 6.03. The fourth-order valence-electron chi connectivity index (χ4n) is 2.79. The van der Waals surface area contributed by atoms with Crippen LogP contribution in [0.5, 0.6) is 5.75 Å². The SMILES string of the molecule is Cc1nc(C(=O)Nc2ccc3c(c2)NC(=O)[C@@H](C)O3)nn1-c1ccc(F)cc1. The smallest absolute Gasteiger partial charge is 0.295 e. The second-order valence-corrected chi connectivity index (χ2v) is 6.29. The van der Waals surface area contributed by atoms with Gasteiger partial charge in [-0.15, -0.1) is 5.10 Å². The third kappa shape index (κ3) is 3.29. The van der Waals surface area contributed by atoms with E-state index in [9.17, 15) is 14.0 Å². The Morgan fingerprint density at radius 3 is 2.75 bits per heavy atom. The molecule has 1 aliphatic heterocycles. The molecule has 0 spiro atoms. The van der Waals surface area contributed by atoms with Crippen LogP contribution in [0.25, 0.3) is 5.69 Å². The van der Waals surface area contributed by atoms with Gasteiger partial charge in [0.15, 0.2) is 6.10 Å². The molecular formula is C19H16FN5O3. The number of halogens is 1. The van der Waals surface area contributed by atoms with Gasteiger partial charge in [0.1, 0.15) is 17.4 Å². The maximum absolute atomic E-state index is 13.1. The normalized spacial score (nSPS) is 15.4. The molecule has 0 fully saturated rings. The van der Waals surface area contributed by atoms with Gasteiger partial charge in [-0.2, -0.15) is 0 Å². The number of rotatable bonds is 3. The lowest BCUT2D eigenvalue weighted by molar-refractivity contribution is -0.122. The molecule has 4 rings (SSSR count). The number of amides is 2. The standard InChI is InChI=1S/C19H16FN5O3/c1-10-18(26)23-15-9-13(5-8-16(15)28-10)22-19(27)17-21-11(2)25(24-17)14-6-3-12(20)4-7-14/h3-10H,1-2H3,(H,22,27)(H,23,26)/t10-/m1/s1. The van der Waals surface area contributed by atoms with Gasteiger partial charge in [0.2, 0.25) is 5.82 Å². The van der Waals surface area contributed by atoms with E-state index in [4.69, 9.17) is 4.74 Å². The summed E-state index contributed by atoms with van der Waals surface area (Å²) in [6.45, 7) is 3.35. The number of nitrogens with one attached hydrogen (secondary N) is 2. The predicted molar refractivity (Wildman–Crippen MR) is 99.2 cm³/mol. The molecule has 28 heavy (non-hydrogen) atoms. The van der Waals surface area contributed by atoms with Crippen LogP contribution >= 0.6 is 0 Å². The van der Waals surface area contributed by atoms with E-state index in [1.54, 1.807) is 44.2 Å². The number of fused-ring (bicyclic) bond motifs is 1. The van der Waals surface area contributed by atoms with E-state index in [0.29, 0.717) is 28.6 Å². The molecule has 0 bridgehead atoms. The quantitative estimate of drug-likeness (QED) is 0.727. The highest BCUT2D eigenvalue weighted by atomic mass is 19.1. The lowest BCUT2D eigenvalue weighted by Crippen LogP contribution is -2.34. The summed E-state index contributed by atoms with van der Waals surface area (Å²) in [5.74, 6) is -0.158. The summed E-state index contributed by atoms with van der Waals surface area (Å²) in [5.41, 5.74) is 1.52. The van der Waals surface area contributed by atoms with Crippen molar-refractivity contribution in [3.63, 3.8) is 0 Å². The maximum atomic E-state index is 13.1. The minimum Gasteiger partial charge on any atom is -0.479 e. The first kappa shape index (κ1) is 17.7. The Bertz CT molecular complexity index is 1080. The maximum Gasteiger partial charge on any atom is 0.295 e. The average Bonchev–Trinajstić information content (AvgIpc) is 3.05. The zero-order valence-corrected chi connectivity index (χ0v) is 15.1. The van der Waals surface area contributed by atoms with Crippen LogP contribution in [0.1, 0.15) is 23.4 Å². The summed E-state index contributed by atoms with van der Waals surface area (Å²) in [4.78, 5) is 28.4. The highest BCUT2D eigenvalue weighted by Gasteiger charge is 2.24. The molecule has 1 atom stereocenters. The van der Waals surface area contributed by atoms with Crippen molar-refractivity contribution in [2.45, 2.75) is 20.0 Å².